The van der Waals surface area contributed by atoms with Crippen molar-refractivity contribution in [2.45, 2.75) is 177 Å². The van der Waals surface area contributed by atoms with Gasteiger partial charge in [-0.3, -0.25) is 81.5 Å². The van der Waals surface area contributed by atoms with E-state index in [0.717, 1.165) is 18.7 Å². The molecule has 0 saturated carbocycles. The lowest BCUT2D eigenvalue weighted by atomic mass is 9.99. The van der Waals surface area contributed by atoms with Crippen molar-refractivity contribution in [2.75, 3.05) is 25.1 Å². The first-order valence-corrected chi connectivity index (χ1v) is 36.8. The number of fused-ring (bicyclic) bond motifs is 2. The molecule has 5 rings (SSSR count). The number of nitrogens with one attached hydrogen (secondary N) is 13. The molecule has 38 nitrogen and oxygen atoms in total. The van der Waals surface area contributed by atoms with E-state index in [9.17, 15) is 82.4 Å². The lowest BCUT2D eigenvalue weighted by Crippen LogP contribution is -2.62. The summed E-state index contributed by atoms with van der Waals surface area (Å²) in [6, 6.07) is 0.837. The average Bonchev–Trinajstić information content (AvgIpc) is 1.13. The first-order valence-electron chi connectivity index (χ1n) is 35.6. The van der Waals surface area contributed by atoms with Gasteiger partial charge >= 0.3 is 5.97 Å². The fourth-order valence-corrected chi connectivity index (χ4v) is 12.2. The number of hydrogen-bond acceptors (Lipinski definition) is 21. The molecule has 0 aliphatic rings. The summed E-state index contributed by atoms with van der Waals surface area (Å²) in [4.78, 5) is 237. The quantitative estimate of drug-likeness (QED) is 0.0164. The van der Waals surface area contributed by atoms with E-state index in [4.69, 9.17) is 22.9 Å². The molecule has 0 bridgehead atoms. The number of aromatic nitrogens is 2. The minimum Gasteiger partial charge on any atom is -0.508 e. The number of aliphatic hydroxyl groups excluding tert-OH is 1. The highest BCUT2D eigenvalue weighted by Crippen LogP contribution is 2.23. The number of thiol groups is 2. The number of H-pyrrole nitrogens is 2. The monoisotopic (exact) mass is 1600 g/mol. The van der Waals surface area contributed by atoms with E-state index in [1.165, 1.54) is 37.5 Å². The number of phenolic OH excluding ortho intramolecular Hbond substituents is 1. The smallest absolute Gasteiger partial charge is 0.303 e. The molecule has 0 unspecified atom stereocenters. The number of phenols is 1. The summed E-state index contributed by atoms with van der Waals surface area (Å²) in [7, 11) is 1.19. The van der Waals surface area contributed by atoms with Gasteiger partial charge in [0.15, 0.2) is 0 Å². The Morgan fingerprint density at radius 3 is 1.29 bits per heavy atom. The minimum atomic E-state index is -1.92. The van der Waals surface area contributed by atoms with Crippen LogP contribution < -0.4 is 81.4 Å². The molecule has 16 amide bonds. The molecule has 2 aromatic heterocycles. The molecule has 608 valence electrons. The van der Waals surface area contributed by atoms with E-state index >= 15 is 14.4 Å². The molecule has 2 heterocycles. The minimum absolute atomic E-state index is 0.132. The fourth-order valence-electron chi connectivity index (χ4n) is 11.7. The van der Waals surface area contributed by atoms with Gasteiger partial charge in [0.1, 0.15) is 72.2 Å². The number of aromatic hydroxyl groups is 1. The van der Waals surface area contributed by atoms with Crippen molar-refractivity contribution in [1.82, 2.24) is 73.4 Å². The number of nitrogens with zero attached hydrogens (tertiary/aromatic N) is 1. The van der Waals surface area contributed by atoms with Crippen LogP contribution >= 0.6 is 25.3 Å². The van der Waals surface area contributed by atoms with Gasteiger partial charge in [-0.05, 0) is 85.9 Å². The van der Waals surface area contributed by atoms with Crippen LogP contribution in [-0.2, 0) is 101 Å². The Balaban J connectivity index is 1.50. The van der Waals surface area contributed by atoms with Crippen LogP contribution in [0.1, 0.15) is 102 Å². The molecule has 40 heteroatoms. The van der Waals surface area contributed by atoms with E-state index < -0.39 is 230 Å². The number of aliphatic carboxylic acids is 1. The maximum absolute atomic E-state index is 15.4. The molecule has 0 saturated heterocycles. The Morgan fingerprint density at radius 2 is 0.857 bits per heavy atom. The lowest BCUT2D eigenvalue weighted by Gasteiger charge is -2.33. The highest BCUT2D eigenvalue weighted by Gasteiger charge is 2.40. The largest absolute Gasteiger partial charge is 0.508 e. The number of carboxylic acid groups (broad SMARTS) is 1. The zero-order valence-electron chi connectivity index (χ0n) is 62.1. The van der Waals surface area contributed by atoms with Gasteiger partial charge in [-0.2, -0.15) is 25.3 Å². The van der Waals surface area contributed by atoms with Crippen molar-refractivity contribution in [3.05, 3.63) is 102 Å². The molecule has 0 spiro atoms. The molecule has 0 radical (unpaired) electrons. The maximum Gasteiger partial charge on any atom is 0.303 e. The van der Waals surface area contributed by atoms with E-state index in [-0.39, 0.29) is 49.5 Å². The van der Waals surface area contributed by atoms with E-state index in [0.29, 0.717) is 38.5 Å². The molecule has 0 fully saturated rings. The SMILES string of the molecule is CC(=O)N[C@@H](CS)C(=O)N[C@@H](CCC(N)=O)C(=O)N[C@H](C(=O)N[C@@H](Cc1c[nH]c2ccccc12)C(=O)N[C@@H](CCC(N)=O)C(=O)N[C@@H](CS)C(=O)N(C)[C@@H](Cc1ccc(O)cc1)C(=O)N[C@@H](Cc1c[nH]c2ccccc12)C(=O)N[C@@H](CCC(C)C)C(=O)N[C@@H](CCC(=O)O)C(=O)N[C@@H](CC(N)=O)C(=O)NCC(N)=O)[C@@H](C)O. The third-order valence-corrected chi connectivity index (χ3v) is 18.5. The summed E-state index contributed by atoms with van der Waals surface area (Å²) in [5, 5.41) is 59.1. The van der Waals surface area contributed by atoms with Crippen LogP contribution in [0.15, 0.2) is 85.2 Å². The molecule has 0 aliphatic carbocycles. The van der Waals surface area contributed by atoms with Gasteiger partial charge in [-0.1, -0.05) is 62.4 Å². The molecule has 112 heavy (non-hydrogen) atoms. The molecule has 24 N–H and O–H groups in total. The number of rotatable bonds is 47. The van der Waals surface area contributed by atoms with Crippen LogP contribution in [0.3, 0.4) is 0 Å². The third-order valence-electron chi connectivity index (χ3n) is 17.7. The second kappa shape index (κ2) is 44.1. The van der Waals surface area contributed by atoms with Crippen molar-refractivity contribution in [3.63, 3.8) is 0 Å². The van der Waals surface area contributed by atoms with Crippen molar-refractivity contribution in [1.29, 1.82) is 0 Å². The van der Waals surface area contributed by atoms with Crippen LogP contribution in [0.4, 0.5) is 0 Å². The number of hydrogen-bond donors (Lipinski definition) is 22. The molecule has 0 aliphatic heterocycles. The topological polar surface area (TPSA) is 622 Å². The van der Waals surface area contributed by atoms with Gasteiger partial charge in [-0.25, -0.2) is 0 Å². The van der Waals surface area contributed by atoms with Gasteiger partial charge in [0.05, 0.1) is 19.1 Å². The van der Waals surface area contributed by atoms with Crippen LogP contribution in [0.5, 0.6) is 5.75 Å². The van der Waals surface area contributed by atoms with E-state index in [2.05, 4.69) is 93.7 Å². The van der Waals surface area contributed by atoms with Crippen molar-refractivity contribution < 1.29 is 96.8 Å². The summed E-state index contributed by atoms with van der Waals surface area (Å²) in [5.41, 5.74) is 23.9. The van der Waals surface area contributed by atoms with Crippen molar-refractivity contribution >= 4 is 148 Å². The highest BCUT2D eigenvalue weighted by atomic mass is 32.1. The van der Waals surface area contributed by atoms with Gasteiger partial charge in [0.2, 0.25) is 94.5 Å². The standard InChI is InChI=1S/C72H98N18O20S2/c1-35(2)14-19-46(63(101)81-49(22-25-60(98)99)64(102)85-52(29-58(75)96)62(100)79-32-59(76)97)82-67(105)50(27-39-30-77-44-12-8-6-10-42(39)44)86-70(108)55(26-38-15-17-41(93)18-16-38)90(5)72(110)54(34-112)88-65(103)47(20-23-56(73)94)83-68(106)51(28-40-31-78-45-13-9-7-11-43(40)45)87-71(109)61(36(3)91)89-66(104)48(21-24-57(74)95)84-69(107)53(33-111)80-37(4)92/h6-13,15-18,30-31,35-36,46-55,61,77-78,91,93,111-112H,14,19-29,32-34H2,1-5H3,(H2,73,94)(H2,74,95)(H2,75,96)(H2,76,97)(H,79,100)(H,80,92)(H,81,101)(H,82,105)(H,83,106)(H,84,107)(H,85,102)(H,86,108)(H,87,109)(H,88,103)(H,89,104)(H,98,99)/t36-,46+,47+,48+,49+,50+,51+,52+,53+,54+,55+,61+/m1/s1. The molecule has 12 atom stereocenters. The zero-order valence-corrected chi connectivity index (χ0v) is 63.9. The summed E-state index contributed by atoms with van der Waals surface area (Å²) in [6.45, 7) is 5.13. The predicted octanol–water partition coefficient (Wildman–Crippen LogP) is -4.37. The summed E-state index contributed by atoms with van der Waals surface area (Å²) in [6.07, 6.45) is -3.74. The normalized spacial score (nSPS) is 14.4. The first-order chi connectivity index (χ1) is 52.9. The first kappa shape index (κ1) is 90.8. The number of nitrogens with two attached hydrogens (primary N) is 4. The predicted molar refractivity (Wildman–Crippen MR) is 411 cm³/mol. The number of carboxylic acids is 1. The summed E-state index contributed by atoms with van der Waals surface area (Å²) >= 11 is 8.50. The second-order valence-corrected chi connectivity index (χ2v) is 27.8. The van der Waals surface area contributed by atoms with Gasteiger partial charge in [0, 0.05) is 98.2 Å². The Hall–Kier alpha value is -11.8. The number of carbonyl (C=O) groups is 17. The average molecular weight is 1600 g/mol. The fraction of sp³-hybridized carbons (Fsp3) is 0.458. The lowest BCUT2D eigenvalue weighted by molar-refractivity contribution is -0.142. The Bertz CT molecular complexity index is 4230. The number of aliphatic hydroxyl groups is 1. The van der Waals surface area contributed by atoms with Crippen molar-refractivity contribution in [3.8, 4) is 5.75 Å². The van der Waals surface area contributed by atoms with Crippen LogP contribution in [0, 0.1) is 5.92 Å². The van der Waals surface area contributed by atoms with E-state index in [1.54, 1.807) is 68.6 Å². The number of primary amides is 4. The highest BCUT2D eigenvalue weighted by molar-refractivity contribution is 7.80. The molecule has 5 aromatic rings. The Morgan fingerprint density at radius 1 is 0.446 bits per heavy atom. The molecular formula is C72H98N18O20S2. The van der Waals surface area contributed by atoms with Gasteiger partial charge in [-0.15, -0.1) is 0 Å². The number of likely N-dealkylation sites (N-methyl/N-ethyl adjacent to an activating group) is 1. The van der Waals surface area contributed by atoms with Crippen LogP contribution in [-0.4, -0.2) is 228 Å². The van der Waals surface area contributed by atoms with E-state index in [1.807, 2.05) is 0 Å². The summed E-state index contributed by atoms with van der Waals surface area (Å²) < 4.78 is 0. The number of para-hydroxylation sites is 2. The number of amides is 16. The molecule has 3 aromatic carbocycles. The molecular weight excluding hydrogens is 1500 g/mol. The maximum atomic E-state index is 15.4. The van der Waals surface area contributed by atoms with Crippen LogP contribution in [0.2, 0.25) is 0 Å². The van der Waals surface area contributed by atoms with Gasteiger partial charge < -0.3 is 112 Å². The number of aromatic amines is 2. The third kappa shape index (κ3) is 28.9. The van der Waals surface area contributed by atoms with Crippen LogP contribution in [0.25, 0.3) is 21.8 Å². The second-order valence-electron chi connectivity index (χ2n) is 27.1. The van der Waals surface area contributed by atoms with Gasteiger partial charge in [0.25, 0.3) is 0 Å². The Labute approximate surface area is 653 Å². The summed E-state index contributed by atoms with van der Waals surface area (Å²) in [5.74, 6) is -18.8. The van der Waals surface area contributed by atoms with Crippen molar-refractivity contribution in [2.24, 2.45) is 28.9 Å². The Kier molecular flexibility index (Phi) is 35.8. The zero-order chi connectivity index (χ0) is 83.2. The number of benzene rings is 3. The number of carbonyl (C=O) groups excluding carboxylic acids is 16.